The number of hydrogen-bond donors (Lipinski definition) is 2. The Hall–Kier alpha value is -5.55. The second-order valence-corrected chi connectivity index (χ2v) is 8.69. The largest absolute Gasteiger partial charge is 2.00 e. The van der Waals surface area contributed by atoms with Gasteiger partial charge in [-0.25, -0.2) is 0 Å². The van der Waals surface area contributed by atoms with Gasteiger partial charge in [-0.2, -0.15) is 0 Å². The van der Waals surface area contributed by atoms with Gasteiger partial charge in [-0.05, 0) is 97.1 Å². The van der Waals surface area contributed by atoms with Gasteiger partial charge < -0.3 is 50.1 Å². The summed E-state index contributed by atoms with van der Waals surface area (Å²) < 4.78 is 20.3. The second kappa shape index (κ2) is 18.2. The normalized spacial score (nSPS) is 11.8. The molecule has 236 valence electrons. The molecule has 4 rings (SSSR count). The van der Waals surface area contributed by atoms with E-state index in [-0.39, 0.29) is 39.3 Å². The van der Waals surface area contributed by atoms with Crippen LogP contribution in [0.2, 0.25) is 0 Å². The fourth-order valence-corrected chi connectivity index (χ4v) is 3.94. The van der Waals surface area contributed by atoms with Crippen LogP contribution in [0.4, 0.5) is 0 Å². The maximum absolute atomic E-state index is 11.2. The van der Waals surface area contributed by atoms with E-state index in [4.69, 9.17) is 18.9 Å². The first-order chi connectivity index (χ1) is 21.5. The Bertz CT molecular complexity index is 1360. The van der Waals surface area contributed by atoms with Crippen molar-refractivity contribution in [2.24, 2.45) is 20.6 Å². The molecule has 4 aromatic rings. The number of ether oxygens (including phenoxy) is 4. The van der Waals surface area contributed by atoms with Crippen LogP contribution in [-0.2, 0) is 16.5 Å². The first-order valence-electron chi connectivity index (χ1n) is 12.9. The van der Waals surface area contributed by atoms with Crippen molar-refractivity contribution in [3.05, 3.63) is 130 Å². The Balaban J connectivity index is 0.000000307. The number of hydrogen-bond acceptors (Lipinski definition) is 12. The van der Waals surface area contributed by atoms with Gasteiger partial charge in [0, 0.05) is 22.3 Å². The predicted molar refractivity (Wildman–Crippen MR) is 168 cm³/mol. The molecule has 0 heterocycles. The molecule has 0 aliphatic rings. The molecule has 4 aromatic carbocycles. The van der Waals surface area contributed by atoms with E-state index in [0.717, 1.165) is 0 Å². The van der Waals surface area contributed by atoms with Crippen LogP contribution in [-0.4, -0.2) is 61.7 Å². The molecule has 0 aliphatic heterocycles. The molecule has 0 amide bonds. The van der Waals surface area contributed by atoms with Gasteiger partial charge in [0.15, 0.2) is 0 Å². The summed E-state index contributed by atoms with van der Waals surface area (Å²) in [5, 5.41) is 53.5. The SMILES string of the molecule is COc1ccc(C(=N\O)/C(=N/O)c2ccc(OC)cc2)cc1.COc1ccc(C(=N\[O-])/C(=N/[O-])c2ccc(OC)cc2)cc1.[Ni+2]. The van der Waals surface area contributed by atoms with E-state index >= 15 is 0 Å². The summed E-state index contributed by atoms with van der Waals surface area (Å²) in [4.78, 5) is 0. The van der Waals surface area contributed by atoms with Crippen LogP contribution in [0.3, 0.4) is 0 Å². The first-order valence-corrected chi connectivity index (χ1v) is 12.9. The fraction of sp³-hybridized carbons (Fsp3) is 0.125. The van der Waals surface area contributed by atoms with Crippen molar-refractivity contribution < 1.29 is 45.9 Å². The van der Waals surface area contributed by atoms with Gasteiger partial charge >= 0.3 is 16.5 Å². The van der Waals surface area contributed by atoms with Gasteiger partial charge in [0.05, 0.1) is 39.9 Å². The zero-order valence-corrected chi connectivity index (χ0v) is 25.7. The average Bonchev–Trinajstić information content (AvgIpc) is 3.10. The smallest absolute Gasteiger partial charge is 0.791 e. The van der Waals surface area contributed by atoms with E-state index in [1.807, 2.05) is 0 Å². The summed E-state index contributed by atoms with van der Waals surface area (Å²) in [6.45, 7) is 0. The quantitative estimate of drug-likeness (QED) is 0.0941. The van der Waals surface area contributed by atoms with E-state index in [0.29, 0.717) is 45.3 Å². The maximum atomic E-state index is 11.2. The van der Waals surface area contributed by atoms with E-state index < -0.39 is 0 Å². The molecule has 0 radical (unpaired) electrons. The van der Waals surface area contributed by atoms with Crippen LogP contribution in [0.25, 0.3) is 0 Å². The van der Waals surface area contributed by atoms with E-state index in [1.165, 1.54) is 0 Å². The Labute approximate surface area is 270 Å². The van der Waals surface area contributed by atoms with Gasteiger partial charge in [0.25, 0.3) is 0 Å². The average molecular weight is 657 g/mol. The molecule has 0 bridgehead atoms. The summed E-state index contributed by atoms with van der Waals surface area (Å²) >= 11 is 0. The first kappa shape index (κ1) is 35.6. The van der Waals surface area contributed by atoms with Crippen LogP contribution in [0.5, 0.6) is 23.0 Å². The topological polar surface area (TPSA) is 173 Å². The zero-order chi connectivity index (χ0) is 31.9. The third-order valence-corrected chi connectivity index (χ3v) is 6.29. The molecule has 13 heteroatoms. The minimum atomic E-state index is -0.0252. The van der Waals surface area contributed by atoms with Gasteiger partial charge in [-0.15, -0.1) is 0 Å². The molecular weight excluding hydrogens is 627 g/mol. The van der Waals surface area contributed by atoms with Crippen molar-refractivity contribution in [3.63, 3.8) is 0 Å². The third kappa shape index (κ3) is 9.22. The van der Waals surface area contributed by atoms with Crippen LogP contribution < -0.4 is 18.9 Å². The van der Waals surface area contributed by atoms with E-state index in [9.17, 15) is 20.8 Å². The van der Waals surface area contributed by atoms with Crippen LogP contribution in [0, 0.1) is 10.4 Å². The molecule has 45 heavy (non-hydrogen) atoms. The predicted octanol–water partition coefficient (Wildman–Crippen LogP) is 5.74. The summed E-state index contributed by atoms with van der Waals surface area (Å²) in [6.07, 6.45) is 0. The molecule has 0 aliphatic carbocycles. The summed E-state index contributed by atoms with van der Waals surface area (Å²) in [6, 6.07) is 27.0. The minimum absolute atomic E-state index is 0. The second-order valence-electron chi connectivity index (χ2n) is 8.69. The van der Waals surface area contributed by atoms with Gasteiger partial charge in [0.1, 0.15) is 34.4 Å². The molecule has 0 saturated carbocycles. The molecule has 2 N–H and O–H groups in total. The summed E-state index contributed by atoms with van der Waals surface area (Å²) in [5.41, 5.74) is 2.40. The monoisotopic (exact) mass is 656 g/mol. The maximum Gasteiger partial charge on any atom is 2.00 e. The number of methoxy groups -OCH3 is 4. The molecular formula is C32H30N4NiO8. The molecule has 0 unspecified atom stereocenters. The van der Waals surface area contributed by atoms with Crippen molar-refractivity contribution in [1.82, 2.24) is 0 Å². The van der Waals surface area contributed by atoms with E-state index in [2.05, 4.69) is 20.6 Å². The van der Waals surface area contributed by atoms with Crippen molar-refractivity contribution in [3.8, 4) is 23.0 Å². The van der Waals surface area contributed by atoms with Gasteiger partial charge in [0.2, 0.25) is 0 Å². The molecule has 0 saturated heterocycles. The molecule has 0 atom stereocenters. The Morgan fingerprint density at radius 3 is 0.778 bits per heavy atom. The summed E-state index contributed by atoms with van der Waals surface area (Å²) in [5.74, 6) is 2.62. The van der Waals surface area contributed by atoms with Gasteiger partial charge in [-0.1, -0.05) is 10.3 Å². The Morgan fingerprint density at radius 2 is 0.622 bits per heavy atom. The summed E-state index contributed by atoms with van der Waals surface area (Å²) in [7, 11) is 6.21. The van der Waals surface area contributed by atoms with Crippen LogP contribution in [0.15, 0.2) is 118 Å². The van der Waals surface area contributed by atoms with Crippen molar-refractivity contribution in [2.45, 2.75) is 0 Å². The number of nitrogens with zero attached hydrogens (tertiary/aromatic N) is 4. The fourth-order valence-electron chi connectivity index (χ4n) is 3.94. The molecule has 0 aromatic heterocycles. The molecule has 12 nitrogen and oxygen atoms in total. The molecule has 0 fully saturated rings. The van der Waals surface area contributed by atoms with Crippen molar-refractivity contribution in [2.75, 3.05) is 28.4 Å². The van der Waals surface area contributed by atoms with Gasteiger partial charge in [-0.3, -0.25) is 0 Å². The number of oxime groups is 2. The van der Waals surface area contributed by atoms with Crippen molar-refractivity contribution in [1.29, 1.82) is 0 Å². The van der Waals surface area contributed by atoms with Crippen LogP contribution >= 0.6 is 0 Å². The number of rotatable bonds is 10. The standard InChI is InChI=1S/2C16H16N2O4.Ni/c2*1-21-13-7-3-11(4-8-13)15(17-19)16(18-20)12-5-9-14(22-2)10-6-12;/h2*3-10,19-20H,1-2H3;/q;;+2/p-2/b2*17-15+,18-16+;. The Kier molecular flexibility index (Phi) is 14.4. The molecule has 0 spiro atoms. The number of benzene rings is 4. The van der Waals surface area contributed by atoms with Crippen molar-refractivity contribution >= 4 is 22.8 Å². The zero-order valence-electron chi connectivity index (χ0n) is 24.7. The van der Waals surface area contributed by atoms with E-state index in [1.54, 1.807) is 126 Å². The van der Waals surface area contributed by atoms with Crippen LogP contribution in [0.1, 0.15) is 22.3 Å². The Morgan fingerprint density at radius 1 is 0.422 bits per heavy atom. The minimum Gasteiger partial charge on any atom is -0.791 e. The third-order valence-electron chi connectivity index (χ3n) is 6.29.